The molecule has 1 amide bonds. The van der Waals surface area contributed by atoms with Gasteiger partial charge >= 0.3 is 0 Å². The minimum Gasteiger partial charge on any atom is -0.487 e. The first-order valence-electron chi connectivity index (χ1n) is 10.1. The van der Waals surface area contributed by atoms with Gasteiger partial charge < -0.3 is 9.64 Å². The molecule has 0 unspecified atom stereocenters. The van der Waals surface area contributed by atoms with Crippen molar-refractivity contribution in [3.63, 3.8) is 0 Å². The third-order valence-electron chi connectivity index (χ3n) is 5.19. The maximum absolute atomic E-state index is 14.0. The molecule has 4 rings (SSSR count). The van der Waals surface area contributed by atoms with Crippen LogP contribution in [0.25, 0.3) is 0 Å². The van der Waals surface area contributed by atoms with Crippen molar-refractivity contribution in [2.45, 2.75) is 18.4 Å². The highest BCUT2D eigenvalue weighted by molar-refractivity contribution is 7.89. The summed E-state index contributed by atoms with van der Waals surface area (Å²) in [6, 6.07) is 9.06. The van der Waals surface area contributed by atoms with E-state index in [2.05, 4.69) is 4.98 Å². The highest BCUT2D eigenvalue weighted by Crippen LogP contribution is 2.22. The van der Waals surface area contributed by atoms with Crippen LogP contribution in [-0.2, 0) is 16.6 Å². The van der Waals surface area contributed by atoms with E-state index in [1.54, 1.807) is 40.5 Å². The number of halogens is 2. The van der Waals surface area contributed by atoms with E-state index in [9.17, 15) is 22.0 Å². The molecule has 2 aromatic carbocycles. The summed E-state index contributed by atoms with van der Waals surface area (Å²) in [6.07, 6.45) is 0. The van der Waals surface area contributed by atoms with E-state index in [0.717, 1.165) is 27.1 Å². The smallest absolute Gasteiger partial charge is 0.253 e. The Balaban J connectivity index is 1.35. The number of nitrogens with zero attached hydrogens (tertiary/aromatic N) is 3. The van der Waals surface area contributed by atoms with Gasteiger partial charge in [0.1, 0.15) is 28.9 Å². The molecule has 0 atom stereocenters. The van der Waals surface area contributed by atoms with Crippen LogP contribution in [0, 0.1) is 18.6 Å². The van der Waals surface area contributed by atoms with Gasteiger partial charge in [0, 0.05) is 43.2 Å². The second-order valence-electron chi connectivity index (χ2n) is 7.44. The van der Waals surface area contributed by atoms with Gasteiger partial charge in [0.15, 0.2) is 0 Å². The Labute approximate surface area is 194 Å². The maximum Gasteiger partial charge on any atom is 0.253 e. The first-order valence-corrected chi connectivity index (χ1v) is 12.4. The number of hydrogen-bond donors (Lipinski definition) is 0. The SMILES string of the molecule is Cc1nc(COc2ccc(C(=O)N3CCN(S(=O)(=O)c4ccc(F)cc4F)CC3)cc2)cs1. The zero-order valence-corrected chi connectivity index (χ0v) is 19.3. The van der Waals surface area contributed by atoms with Gasteiger partial charge in [0.2, 0.25) is 10.0 Å². The van der Waals surface area contributed by atoms with Crippen LogP contribution in [0.3, 0.4) is 0 Å². The second kappa shape index (κ2) is 9.54. The van der Waals surface area contributed by atoms with Gasteiger partial charge in [-0.25, -0.2) is 22.2 Å². The lowest BCUT2D eigenvalue weighted by atomic mass is 10.2. The number of ether oxygens (including phenoxy) is 1. The molecule has 2 heterocycles. The fraction of sp³-hybridized carbons (Fsp3) is 0.273. The van der Waals surface area contributed by atoms with E-state index >= 15 is 0 Å². The van der Waals surface area contributed by atoms with Crippen molar-refractivity contribution < 1.29 is 26.7 Å². The summed E-state index contributed by atoms with van der Waals surface area (Å²) in [5.41, 5.74) is 1.29. The van der Waals surface area contributed by atoms with E-state index in [4.69, 9.17) is 4.74 Å². The molecule has 0 aliphatic carbocycles. The lowest BCUT2D eigenvalue weighted by Crippen LogP contribution is -2.50. The second-order valence-corrected chi connectivity index (χ2v) is 10.4. The number of aromatic nitrogens is 1. The summed E-state index contributed by atoms with van der Waals surface area (Å²) < 4.78 is 59.3. The molecule has 11 heteroatoms. The third kappa shape index (κ3) is 5.21. The number of aryl methyl sites for hydroxylation is 1. The van der Waals surface area contributed by atoms with Crippen LogP contribution < -0.4 is 4.74 Å². The van der Waals surface area contributed by atoms with Crippen molar-refractivity contribution >= 4 is 27.3 Å². The van der Waals surface area contributed by atoms with Crippen LogP contribution in [0.1, 0.15) is 21.1 Å². The number of sulfonamides is 1. The fourth-order valence-electron chi connectivity index (χ4n) is 3.46. The first kappa shape index (κ1) is 23.3. The first-order chi connectivity index (χ1) is 15.7. The molecular formula is C22H21F2N3O4S2. The molecule has 0 radical (unpaired) electrons. The number of rotatable bonds is 6. The molecule has 1 saturated heterocycles. The van der Waals surface area contributed by atoms with E-state index in [0.29, 0.717) is 24.0 Å². The Morgan fingerprint density at radius 2 is 1.79 bits per heavy atom. The normalized spacial score (nSPS) is 14.9. The molecule has 1 fully saturated rings. The van der Waals surface area contributed by atoms with Crippen molar-refractivity contribution in [1.29, 1.82) is 0 Å². The summed E-state index contributed by atoms with van der Waals surface area (Å²) in [6.45, 7) is 2.59. The van der Waals surface area contributed by atoms with Crippen LogP contribution in [0.4, 0.5) is 8.78 Å². The Kier molecular flexibility index (Phi) is 6.73. The summed E-state index contributed by atoms with van der Waals surface area (Å²) >= 11 is 1.55. The molecular weight excluding hydrogens is 472 g/mol. The third-order valence-corrected chi connectivity index (χ3v) is 7.95. The van der Waals surface area contributed by atoms with Crippen LogP contribution in [-0.4, -0.2) is 54.7 Å². The van der Waals surface area contributed by atoms with Gasteiger partial charge in [-0.15, -0.1) is 11.3 Å². The van der Waals surface area contributed by atoms with Crippen molar-refractivity contribution in [1.82, 2.24) is 14.2 Å². The quantitative estimate of drug-likeness (QED) is 0.526. The Hall–Kier alpha value is -2.89. The van der Waals surface area contributed by atoms with Gasteiger partial charge in [-0.1, -0.05) is 0 Å². The largest absolute Gasteiger partial charge is 0.487 e. The minimum absolute atomic E-state index is 0.0130. The molecule has 33 heavy (non-hydrogen) atoms. The minimum atomic E-state index is -4.12. The van der Waals surface area contributed by atoms with E-state index in [-0.39, 0.29) is 32.1 Å². The number of hydrogen-bond acceptors (Lipinski definition) is 6. The standard InChI is InChI=1S/C22H21F2N3O4S2/c1-15-25-18(14-32-15)13-31-19-5-2-16(3-6-19)22(28)26-8-10-27(11-9-26)33(29,30)21-7-4-17(23)12-20(21)24/h2-7,12,14H,8-11,13H2,1H3. The molecule has 7 nitrogen and oxygen atoms in total. The lowest BCUT2D eigenvalue weighted by Gasteiger charge is -2.34. The molecule has 0 N–H and O–H groups in total. The summed E-state index contributed by atoms with van der Waals surface area (Å²) in [7, 11) is -4.12. The zero-order chi connectivity index (χ0) is 23.6. The van der Waals surface area contributed by atoms with Gasteiger partial charge in [-0.3, -0.25) is 4.79 Å². The monoisotopic (exact) mass is 493 g/mol. The van der Waals surface area contributed by atoms with Crippen molar-refractivity contribution in [2.75, 3.05) is 26.2 Å². The van der Waals surface area contributed by atoms with E-state index < -0.39 is 26.6 Å². The number of amides is 1. The molecule has 3 aromatic rings. The maximum atomic E-state index is 14.0. The fourth-order valence-corrected chi connectivity index (χ4v) is 5.53. The predicted octanol–water partition coefficient (Wildman–Crippen LogP) is 3.46. The summed E-state index contributed by atoms with van der Waals surface area (Å²) in [5, 5.41) is 2.89. The van der Waals surface area contributed by atoms with Crippen LogP contribution in [0.2, 0.25) is 0 Å². The predicted molar refractivity (Wildman–Crippen MR) is 119 cm³/mol. The number of thiazole rings is 1. The number of carbonyl (C=O) groups excluding carboxylic acids is 1. The Morgan fingerprint density at radius 3 is 2.39 bits per heavy atom. The molecule has 0 saturated carbocycles. The van der Waals surface area contributed by atoms with Gasteiger partial charge in [-0.2, -0.15) is 4.31 Å². The lowest BCUT2D eigenvalue weighted by molar-refractivity contribution is 0.0697. The highest BCUT2D eigenvalue weighted by Gasteiger charge is 2.32. The van der Waals surface area contributed by atoms with Crippen LogP contribution >= 0.6 is 11.3 Å². The number of carbonyl (C=O) groups is 1. The van der Waals surface area contributed by atoms with Crippen molar-refractivity contribution in [3.8, 4) is 5.75 Å². The number of piperazine rings is 1. The molecule has 174 valence electrons. The van der Waals surface area contributed by atoms with E-state index in [1.807, 2.05) is 12.3 Å². The Morgan fingerprint density at radius 1 is 1.09 bits per heavy atom. The molecule has 1 aromatic heterocycles. The molecule has 1 aliphatic heterocycles. The van der Waals surface area contributed by atoms with E-state index in [1.165, 1.54) is 0 Å². The van der Waals surface area contributed by atoms with Crippen LogP contribution in [0.15, 0.2) is 52.7 Å². The van der Waals surface area contributed by atoms with Gasteiger partial charge in [0.05, 0.1) is 10.7 Å². The van der Waals surface area contributed by atoms with Crippen molar-refractivity contribution in [3.05, 3.63) is 75.7 Å². The van der Waals surface area contributed by atoms with Gasteiger partial charge in [-0.05, 0) is 43.3 Å². The highest BCUT2D eigenvalue weighted by atomic mass is 32.2. The van der Waals surface area contributed by atoms with Crippen molar-refractivity contribution in [2.24, 2.45) is 0 Å². The Bertz CT molecular complexity index is 1250. The number of benzene rings is 2. The topological polar surface area (TPSA) is 79.8 Å². The molecule has 0 spiro atoms. The average Bonchev–Trinajstić information content (AvgIpc) is 3.22. The summed E-state index contributed by atoms with van der Waals surface area (Å²) in [4.78, 5) is 18.1. The molecule has 1 aliphatic rings. The van der Waals surface area contributed by atoms with Gasteiger partial charge in [0.25, 0.3) is 5.91 Å². The average molecular weight is 494 g/mol. The zero-order valence-electron chi connectivity index (χ0n) is 17.7. The summed E-state index contributed by atoms with van der Waals surface area (Å²) in [5.74, 6) is -1.62. The molecule has 0 bridgehead atoms. The van der Waals surface area contributed by atoms with Crippen LogP contribution in [0.5, 0.6) is 5.75 Å².